The molecular weight excluding hydrogens is 340 g/mol. The van der Waals surface area contributed by atoms with E-state index >= 15 is 0 Å². The van der Waals surface area contributed by atoms with Crippen molar-refractivity contribution in [2.24, 2.45) is 0 Å². The highest BCUT2D eigenvalue weighted by Gasteiger charge is 2.42. The first-order valence-corrected chi connectivity index (χ1v) is 9.28. The summed E-state index contributed by atoms with van der Waals surface area (Å²) in [5.74, 6) is 0.896. The Balaban J connectivity index is 1.74. The van der Waals surface area contributed by atoms with Gasteiger partial charge in [-0.1, -0.05) is 12.1 Å². The number of piperidine rings is 1. The molecule has 2 heterocycles. The predicted molar refractivity (Wildman–Crippen MR) is 107 cm³/mol. The maximum absolute atomic E-state index is 13.0. The molecule has 1 aliphatic heterocycles. The molecule has 0 bridgehead atoms. The number of nitrogens with zero attached hydrogens (tertiary/aromatic N) is 3. The second-order valence-electron chi connectivity index (χ2n) is 7.28. The zero-order chi connectivity index (χ0) is 19.3. The number of ether oxygens (including phenoxy) is 1. The molecule has 2 aromatic rings. The molecular formula is C21H28N4O2. The third kappa shape index (κ3) is 4.57. The van der Waals surface area contributed by atoms with Gasteiger partial charge in [0.15, 0.2) is 0 Å². The van der Waals surface area contributed by atoms with E-state index in [1.807, 2.05) is 50.6 Å². The lowest BCUT2D eigenvalue weighted by Gasteiger charge is -2.43. The van der Waals surface area contributed by atoms with Crippen LogP contribution >= 0.6 is 0 Å². The smallest absolute Gasteiger partial charge is 0.247 e. The highest BCUT2D eigenvalue weighted by Crippen LogP contribution is 2.30. The number of anilines is 1. The topological polar surface area (TPSA) is 57.7 Å². The molecule has 0 spiro atoms. The Morgan fingerprint density at radius 1 is 1.26 bits per heavy atom. The molecule has 1 fully saturated rings. The fraction of sp³-hybridized carbons (Fsp3) is 0.429. The van der Waals surface area contributed by atoms with Crippen LogP contribution in [0.15, 0.2) is 48.8 Å². The molecule has 0 saturated carbocycles. The van der Waals surface area contributed by atoms with Crippen LogP contribution in [0.1, 0.15) is 18.4 Å². The number of amides is 1. The number of likely N-dealkylation sites (N-methyl/N-ethyl adjacent to an activating group) is 1. The lowest BCUT2D eigenvalue weighted by Crippen LogP contribution is -2.57. The standard InChI is InChI=1S/C21H28N4O2/c1-24(2)20(26)21(23-18-7-4-8-19(14-18)27-3)9-12-25(13-10-21)16-17-6-5-11-22-15-17/h4-8,11,14-15,23H,9-10,12-13,16H2,1-3H3. The highest BCUT2D eigenvalue weighted by molar-refractivity contribution is 5.89. The summed E-state index contributed by atoms with van der Waals surface area (Å²) in [5.41, 5.74) is 1.51. The lowest BCUT2D eigenvalue weighted by molar-refractivity contribution is -0.135. The number of pyridine rings is 1. The van der Waals surface area contributed by atoms with Crippen LogP contribution < -0.4 is 10.1 Å². The normalized spacial score (nSPS) is 16.6. The molecule has 6 nitrogen and oxygen atoms in total. The number of rotatable bonds is 6. The second kappa shape index (κ2) is 8.39. The van der Waals surface area contributed by atoms with Crippen LogP contribution in [0.4, 0.5) is 5.69 Å². The van der Waals surface area contributed by atoms with Gasteiger partial charge in [-0.25, -0.2) is 0 Å². The third-order valence-corrected chi connectivity index (χ3v) is 5.11. The maximum atomic E-state index is 13.0. The zero-order valence-corrected chi connectivity index (χ0v) is 16.3. The van der Waals surface area contributed by atoms with E-state index in [-0.39, 0.29) is 5.91 Å². The quantitative estimate of drug-likeness (QED) is 0.849. The van der Waals surface area contributed by atoms with Gasteiger partial charge >= 0.3 is 0 Å². The highest BCUT2D eigenvalue weighted by atomic mass is 16.5. The summed E-state index contributed by atoms with van der Waals surface area (Å²) in [7, 11) is 5.29. The summed E-state index contributed by atoms with van der Waals surface area (Å²) in [4.78, 5) is 21.3. The van der Waals surface area contributed by atoms with E-state index in [1.54, 1.807) is 18.2 Å². The number of aromatic nitrogens is 1. The van der Waals surface area contributed by atoms with Gasteiger partial charge in [0.05, 0.1) is 7.11 Å². The Bertz CT molecular complexity index is 756. The second-order valence-corrected chi connectivity index (χ2v) is 7.28. The van der Waals surface area contributed by atoms with Crippen LogP contribution in [-0.2, 0) is 11.3 Å². The molecule has 0 aliphatic carbocycles. The number of benzene rings is 1. The molecule has 1 aliphatic rings. The van der Waals surface area contributed by atoms with Crippen molar-refractivity contribution >= 4 is 11.6 Å². The van der Waals surface area contributed by atoms with Crippen LogP contribution in [0.25, 0.3) is 0 Å². The number of methoxy groups -OCH3 is 1. The molecule has 0 radical (unpaired) electrons. The first-order chi connectivity index (χ1) is 13.0. The van der Waals surface area contributed by atoms with Gasteiger partial charge in [0.1, 0.15) is 11.3 Å². The summed E-state index contributed by atoms with van der Waals surface area (Å²) >= 11 is 0. The summed E-state index contributed by atoms with van der Waals surface area (Å²) < 4.78 is 5.32. The van der Waals surface area contributed by atoms with Gasteiger partial charge in [0, 0.05) is 57.9 Å². The zero-order valence-electron chi connectivity index (χ0n) is 16.3. The molecule has 1 saturated heterocycles. The number of likely N-dealkylation sites (tertiary alicyclic amines) is 1. The summed E-state index contributed by atoms with van der Waals surface area (Å²) in [6.07, 6.45) is 5.20. The largest absolute Gasteiger partial charge is 0.497 e. The van der Waals surface area contributed by atoms with Gasteiger partial charge in [0.2, 0.25) is 5.91 Å². The molecule has 1 aromatic heterocycles. The first-order valence-electron chi connectivity index (χ1n) is 9.28. The number of carbonyl (C=O) groups is 1. The Kier molecular flexibility index (Phi) is 5.96. The summed E-state index contributed by atoms with van der Waals surface area (Å²) in [6, 6.07) is 11.8. The minimum Gasteiger partial charge on any atom is -0.497 e. The van der Waals surface area contributed by atoms with E-state index < -0.39 is 5.54 Å². The van der Waals surface area contributed by atoms with E-state index in [9.17, 15) is 4.79 Å². The Hall–Kier alpha value is -2.60. The molecule has 27 heavy (non-hydrogen) atoms. The molecule has 6 heteroatoms. The van der Waals surface area contributed by atoms with E-state index in [0.717, 1.165) is 43.9 Å². The predicted octanol–water partition coefficient (Wildman–Crippen LogP) is 2.63. The maximum Gasteiger partial charge on any atom is 0.247 e. The lowest BCUT2D eigenvalue weighted by atomic mass is 9.85. The number of nitrogens with one attached hydrogen (secondary N) is 1. The fourth-order valence-electron chi connectivity index (χ4n) is 3.64. The average Bonchev–Trinajstić information content (AvgIpc) is 2.70. The van der Waals surface area contributed by atoms with Crippen molar-refractivity contribution in [1.29, 1.82) is 0 Å². The Morgan fingerprint density at radius 3 is 2.67 bits per heavy atom. The van der Waals surface area contributed by atoms with Crippen LogP contribution in [0.3, 0.4) is 0 Å². The van der Waals surface area contributed by atoms with Gasteiger partial charge in [-0.3, -0.25) is 14.7 Å². The van der Waals surface area contributed by atoms with Crippen molar-refractivity contribution < 1.29 is 9.53 Å². The minimum absolute atomic E-state index is 0.117. The number of hydrogen-bond acceptors (Lipinski definition) is 5. The number of carbonyl (C=O) groups excluding carboxylic acids is 1. The van der Waals surface area contributed by atoms with Crippen molar-refractivity contribution in [3.05, 3.63) is 54.4 Å². The third-order valence-electron chi connectivity index (χ3n) is 5.11. The summed E-state index contributed by atoms with van der Waals surface area (Å²) in [5, 5.41) is 3.52. The summed E-state index contributed by atoms with van der Waals surface area (Å²) in [6.45, 7) is 2.57. The van der Waals surface area contributed by atoms with Gasteiger partial charge in [-0.2, -0.15) is 0 Å². The average molecular weight is 368 g/mol. The monoisotopic (exact) mass is 368 g/mol. The minimum atomic E-state index is -0.596. The van der Waals surface area contributed by atoms with Crippen molar-refractivity contribution in [3.63, 3.8) is 0 Å². The molecule has 0 atom stereocenters. The molecule has 1 amide bonds. The molecule has 1 N–H and O–H groups in total. The van der Waals surface area contributed by atoms with Crippen molar-refractivity contribution in [2.45, 2.75) is 24.9 Å². The van der Waals surface area contributed by atoms with E-state index in [1.165, 1.54) is 5.56 Å². The van der Waals surface area contributed by atoms with E-state index in [2.05, 4.69) is 21.3 Å². The van der Waals surface area contributed by atoms with Crippen LogP contribution in [0.2, 0.25) is 0 Å². The van der Waals surface area contributed by atoms with E-state index in [0.29, 0.717) is 0 Å². The fourth-order valence-corrected chi connectivity index (χ4v) is 3.64. The van der Waals surface area contributed by atoms with E-state index in [4.69, 9.17) is 4.74 Å². The van der Waals surface area contributed by atoms with Crippen molar-refractivity contribution in [2.75, 3.05) is 39.6 Å². The first kappa shape index (κ1) is 19.2. The Labute approximate surface area is 161 Å². The molecule has 144 valence electrons. The van der Waals surface area contributed by atoms with Gasteiger partial charge in [0.25, 0.3) is 0 Å². The van der Waals surface area contributed by atoms with Gasteiger partial charge in [-0.05, 0) is 36.6 Å². The molecule has 0 unspecified atom stereocenters. The van der Waals surface area contributed by atoms with Crippen LogP contribution in [-0.4, -0.2) is 60.5 Å². The van der Waals surface area contributed by atoms with Crippen molar-refractivity contribution in [3.8, 4) is 5.75 Å². The van der Waals surface area contributed by atoms with Crippen molar-refractivity contribution in [1.82, 2.24) is 14.8 Å². The molecule has 3 rings (SSSR count). The van der Waals surface area contributed by atoms with Crippen LogP contribution in [0.5, 0.6) is 5.75 Å². The SMILES string of the molecule is COc1cccc(NC2(C(=O)N(C)C)CCN(Cc3cccnc3)CC2)c1. The van der Waals surface area contributed by atoms with Crippen LogP contribution in [0, 0.1) is 0 Å². The number of hydrogen-bond donors (Lipinski definition) is 1. The molecule has 1 aromatic carbocycles. The van der Waals surface area contributed by atoms with Gasteiger partial charge < -0.3 is 15.0 Å². The van der Waals surface area contributed by atoms with Gasteiger partial charge in [-0.15, -0.1) is 0 Å². The Morgan fingerprint density at radius 2 is 2.04 bits per heavy atom.